The van der Waals surface area contributed by atoms with E-state index in [0.29, 0.717) is 67.0 Å². The van der Waals surface area contributed by atoms with Gasteiger partial charge in [-0.1, -0.05) is 0 Å². The molecule has 12 heteroatoms. The molecule has 11 nitrogen and oxygen atoms in total. The summed E-state index contributed by atoms with van der Waals surface area (Å²) in [7, 11) is 0. The number of amides is 1. The highest BCUT2D eigenvalue weighted by atomic mass is 19.1. The van der Waals surface area contributed by atoms with Crippen LogP contribution >= 0.6 is 0 Å². The molecule has 0 bridgehead atoms. The molecular formula is C25H26FN9O2. The van der Waals surface area contributed by atoms with E-state index in [2.05, 4.69) is 36.6 Å². The lowest BCUT2D eigenvalue weighted by Gasteiger charge is -2.19. The molecule has 0 radical (unpaired) electrons. The minimum atomic E-state index is -0.870. The Morgan fingerprint density at radius 3 is 2.68 bits per heavy atom. The van der Waals surface area contributed by atoms with Crippen LogP contribution in [-0.2, 0) is 4.79 Å². The number of halogens is 1. The largest absolute Gasteiger partial charge is 0.391 e. The van der Waals surface area contributed by atoms with Crippen molar-refractivity contribution < 1.29 is 14.3 Å². The molecule has 1 amide bonds. The summed E-state index contributed by atoms with van der Waals surface area (Å²) >= 11 is 0. The van der Waals surface area contributed by atoms with Crippen LogP contribution in [0.4, 0.5) is 27.5 Å². The molecule has 0 spiro atoms. The van der Waals surface area contributed by atoms with Crippen molar-refractivity contribution in [2.24, 2.45) is 0 Å². The van der Waals surface area contributed by atoms with Gasteiger partial charge in [0.1, 0.15) is 18.1 Å². The zero-order valence-electron chi connectivity index (χ0n) is 20.0. The molecular weight excluding hydrogens is 477 g/mol. The van der Waals surface area contributed by atoms with Crippen LogP contribution in [-0.4, -0.2) is 80.8 Å². The molecule has 190 valence electrons. The predicted octanol–water partition coefficient (Wildman–Crippen LogP) is 2.10. The van der Waals surface area contributed by atoms with Crippen molar-refractivity contribution >= 4 is 29.0 Å². The van der Waals surface area contributed by atoms with E-state index in [4.69, 9.17) is 0 Å². The molecule has 0 saturated carbocycles. The van der Waals surface area contributed by atoms with Crippen molar-refractivity contribution in [3.8, 4) is 17.5 Å². The Hall–Kier alpha value is -4.21. The third kappa shape index (κ3) is 5.96. The molecule has 5 heterocycles. The molecule has 3 N–H and O–H groups in total. The second kappa shape index (κ2) is 10.8. The average Bonchev–Trinajstić information content (AvgIpc) is 3.52. The summed E-state index contributed by atoms with van der Waals surface area (Å²) in [4.78, 5) is 33.4. The van der Waals surface area contributed by atoms with Gasteiger partial charge in [0.2, 0.25) is 11.9 Å². The van der Waals surface area contributed by atoms with Crippen molar-refractivity contribution in [2.45, 2.75) is 25.1 Å². The number of aliphatic hydroxyl groups excluding tert-OH is 1. The summed E-state index contributed by atoms with van der Waals surface area (Å²) in [6, 6.07) is 10.9. The third-order valence-electron chi connectivity index (χ3n) is 6.27. The highest BCUT2D eigenvalue weighted by Gasteiger charge is 2.24. The summed E-state index contributed by atoms with van der Waals surface area (Å²) in [5.74, 6) is 0.465. The molecule has 3 aromatic rings. The van der Waals surface area contributed by atoms with Crippen LogP contribution in [0, 0.1) is 11.3 Å². The third-order valence-corrected chi connectivity index (χ3v) is 6.27. The SMILES string of the molecule is N#Cc1nc(-c2ccnc(Nc3ccc(NC(=O)CN4CCC(F)C4)nc3)n2)ccc1N1CCC(O)C1. The van der Waals surface area contributed by atoms with E-state index in [1.54, 1.807) is 41.6 Å². The quantitative estimate of drug-likeness (QED) is 0.438. The molecule has 2 aliphatic heterocycles. The Morgan fingerprint density at radius 2 is 1.97 bits per heavy atom. The number of hydrogen-bond donors (Lipinski definition) is 3. The van der Waals surface area contributed by atoms with Gasteiger partial charge in [-0.25, -0.2) is 24.3 Å². The van der Waals surface area contributed by atoms with Gasteiger partial charge in [0.05, 0.1) is 41.6 Å². The molecule has 5 rings (SSSR count). The number of nitrogens with one attached hydrogen (secondary N) is 2. The number of anilines is 4. The summed E-state index contributed by atoms with van der Waals surface area (Å²) in [6.07, 6.45) is 2.98. The molecule has 3 aromatic heterocycles. The summed E-state index contributed by atoms with van der Waals surface area (Å²) in [5.41, 5.74) is 2.65. The van der Waals surface area contributed by atoms with E-state index in [-0.39, 0.29) is 24.7 Å². The first-order valence-electron chi connectivity index (χ1n) is 12.0. The van der Waals surface area contributed by atoms with E-state index < -0.39 is 12.3 Å². The molecule has 0 aromatic carbocycles. The Kier molecular flexibility index (Phi) is 7.16. The number of likely N-dealkylation sites (tertiary alicyclic amines) is 1. The molecule has 2 saturated heterocycles. The standard InChI is InChI=1S/C25H26FN9O2/c26-16-6-9-34(13-16)15-24(37)33-23-4-1-17(12-29-23)30-25-28-8-5-20(32-25)19-2-3-22(21(11-27)31-19)35-10-7-18(36)14-35/h1-5,8,12,16,18,36H,6-7,9-10,13-15H2,(H,28,30,32)(H,29,33,37). The molecule has 2 fully saturated rings. The zero-order valence-corrected chi connectivity index (χ0v) is 20.0. The normalized spacial score (nSPS) is 19.5. The number of aliphatic hydroxyl groups is 1. The fraction of sp³-hybridized carbons (Fsp3) is 0.360. The average molecular weight is 504 g/mol. The number of carbonyl (C=O) groups excluding carboxylic acids is 1. The van der Waals surface area contributed by atoms with E-state index in [1.807, 2.05) is 11.0 Å². The molecule has 2 unspecified atom stereocenters. The van der Waals surface area contributed by atoms with E-state index >= 15 is 0 Å². The van der Waals surface area contributed by atoms with Gasteiger partial charge >= 0.3 is 0 Å². The number of alkyl halides is 1. The predicted molar refractivity (Wildman–Crippen MR) is 135 cm³/mol. The number of β-amino-alcohol motifs (C(OH)–C–C–N with tert-alkyl or cyclic N) is 1. The number of pyridine rings is 2. The maximum absolute atomic E-state index is 13.3. The minimum Gasteiger partial charge on any atom is -0.391 e. The van der Waals surface area contributed by atoms with Gasteiger partial charge in [-0.05, 0) is 43.2 Å². The lowest BCUT2D eigenvalue weighted by atomic mass is 10.2. The molecule has 2 atom stereocenters. The maximum Gasteiger partial charge on any atom is 0.239 e. The highest BCUT2D eigenvalue weighted by Crippen LogP contribution is 2.27. The smallest absolute Gasteiger partial charge is 0.239 e. The second-order valence-corrected chi connectivity index (χ2v) is 9.06. The Morgan fingerprint density at radius 1 is 1.11 bits per heavy atom. The zero-order chi connectivity index (χ0) is 25.8. The summed E-state index contributed by atoms with van der Waals surface area (Å²) < 4.78 is 13.3. The van der Waals surface area contributed by atoms with E-state index in [9.17, 15) is 19.6 Å². The topological polar surface area (TPSA) is 143 Å². The van der Waals surface area contributed by atoms with Gasteiger partial charge in [0, 0.05) is 32.4 Å². The van der Waals surface area contributed by atoms with Crippen molar-refractivity contribution in [3.63, 3.8) is 0 Å². The Bertz CT molecular complexity index is 1310. The maximum atomic E-state index is 13.3. The number of nitrogens with zero attached hydrogens (tertiary/aromatic N) is 7. The minimum absolute atomic E-state index is 0.130. The lowest BCUT2D eigenvalue weighted by molar-refractivity contribution is -0.117. The van der Waals surface area contributed by atoms with Crippen molar-refractivity contribution in [3.05, 3.63) is 48.4 Å². The summed E-state index contributed by atoms with van der Waals surface area (Å²) in [6.45, 7) is 2.14. The van der Waals surface area contributed by atoms with E-state index in [1.165, 1.54) is 0 Å². The first-order chi connectivity index (χ1) is 18.0. The van der Waals surface area contributed by atoms with Crippen molar-refractivity contribution in [1.82, 2.24) is 24.8 Å². The van der Waals surface area contributed by atoms with Gasteiger partial charge in [-0.15, -0.1) is 0 Å². The molecule has 37 heavy (non-hydrogen) atoms. The molecule has 0 aliphatic carbocycles. The highest BCUT2D eigenvalue weighted by molar-refractivity contribution is 5.91. The van der Waals surface area contributed by atoms with Gasteiger partial charge in [-0.2, -0.15) is 5.26 Å². The van der Waals surface area contributed by atoms with Crippen molar-refractivity contribution in [1.29, 1.82) is 5.26 Å². The van der Waals surface area contributed by atoms with Gasteiger partial charge < -0.3 is 20.6 Å². The Balaban J connectivity index is 1.23. The van der Waals surface area contributed by atoms with Crippen LogP contribution in [0.5, 0.6) is 0 Å². The van der Waals surface area contributed by atoms with Crippen LogP contribution in [0.2, 0.25) is 0 Å². The van der Waals surface area contributed by atoms with Crippen LogP contribution in [0.15, 0.2) is 42.7 Å². The number of hydrogen-bond acceptors (Lipinski definition) is 10. The van der Waals surface area contributed by atoms with Crippen LogP contribution < -0.4 is 15.5 Å². The fourth-order valence-electron chi connectivity index (χ4n) is 4.44. The van der Waals surface area contributed by atoms with E-state index in [0.717, 1.165) is 0 Å². The van der Waals surface area contributed by atoms with Crippen molar-refractivity contribution in [2.75, 3.05) is 48.3 Å². The monoisotopic (exact) mass is 503 g/mol. The number of carbonyl (C=O) groups is 1. The lowest BCUT2D eigenvalue weighted by Crippen LogP contribution is -2.32. The number of rotatable bonds is 7. The molecule has 2 aliphatic rings. The van der Waals surface area contributed by atoms with Crippen LogP contribution in [0.1, 0.15) is 18.5 Å². The number of nitriles is 1. The van der Waals surface area contributed by atoms with Crippen LogP contribution in [0.3, 0.4) is 0 Å². The van der Waals surface area contributed by atoms with Crippen LogP contribution in [0.25, 0.3) is 11.4 Å². The van der Waals surface area contributed by atoms with Gasteiger partial charge in [-0.3, -0.25) is 9.69 Å². The summed E-state index contributed by atoms with van der Waals surface area (Å²) in [5, 5.41) is 25.2. The fourth-order valence-corrected chi connectivity index (χ4v) is 4.44. The second-order valence-electron chi connectivity index (χ2n) is 9.06. The van der Waals surface area contributed by atoms with Gasteiger partial charge in [0.25, 0.3) is 0 Å². The first kappa shape index (κ1) is 24.5. The number of aromatic nitrogens is 4. The first-order valence-corrected chi connectivity index (χ1v) is 12.0. The Labute approximate surface area is 213 Å². The van der Waals surface area contributed by atoms with Gasteiger partial charge in [0.15, 0.2) is 5.69 Å².